The molecule has 1 aromatic heterocycles. The van der Waals surface area contributed by atoms with Gasteiger partial charge in [0.1, 0.15) is 5.76 Å². The Labute approximate surface area is 142 Å². The second-order valence-corrected chi connectivity index (χ2v) is 5.96. The number of ether oxygens (including phenoxy) is 2. The van der Waals surface area contributed by atoms with Gasteiger partial charge in [-0.1, -0.05) is 18.2 Å². The van der Waals surface area contributed by atoms with Crippen LogP contribution in [-0.2, 0) is 9.47 Å². The van der Waals surface area contributed by atoms with E-state index in [1.54, 1.807) is 14.2 Å². The van der Waals surface area contributed by atoms with Crippen LogP contribution >= 0.6 is 0 Å². The summed E-state index contributed by atoms with van der Waals surface area (Å²) in [5, 5.41) is 12.0. The van der Waals surface area contributed by atoms with Gasteiger partial charge in [-0.3, -0.25) is 0 Å². The lowest BCUT2D eigenvalue weighted by Gasteiger charge is -2.46. The molecular formula is C19H24N2O3. The summed E-state index contributed by atoms with van der Waals surface area (Å²) in [5.41, 5.74) is 1.99. The zero-order chi connectivity index (χ0) is 17.3. The predicted octanol–water partition coefficient (Wildman–Crippen LogP) is 3.19. The molecule has 5 nitrogen and oxygen atoms in total. The summed E-state index contributed by atoms with van der Waals surface area (Å²) in [4.78, 5) is 5.35. The van der Waals surface area contributed by atoms with Crippen molar-refractivity contribution < 1.29 is 14.6 Å². The van der Waals surface area contributed by atoms with Crippen molar-refractivity contribution in [1.82, 2.24) is 4.98 Å². The van der Waals surface area contributed by atoms with Crippen molar-refractivity contribution in [2.24, 2.45) is 0 Å². The van der Waals surface area contributed by atoms with Crippen molar-refractivity contribution in [1.29, 1.82) is 0 Å². The first-order valence-corrected chi connectivity index (χ1v) is 8.09. The highest BCUT2D eigenvalue weighted by Gasteiger charge is 2.46. The third kappa shape index (κ3) is 2.41. The maximum absolute atomic E-state index is 11.0. The first kappa shape index (κ1) is 16.6. The minimum atomic E-state index is -1.02. The fourth-order valence-electron chi connectivity index (χ4n) is 3.52. The number of aromatic nitrogens is 1. The van der Waals surface area contributed by atoms with Crippen LogP contribution in [0.1, 0.15) is 13.8 Å². The monoisotopic (exact) mass is 328 g/mol. The molecule has 0 fully saturated rings. The molecule has 0 saturated heterocycles. The highest BCUT2D eigenvalue weighted by molar-refractivity contribution is 5.93. The van der Waals surface area contributed by atoms with Crippen molar-refractivity contribution in [2.75, 3.05) is 25.7 Å². The topological polar surface area (TPSA) is 57.7 Å². The largest absolute Gasteiger partial charge is 0.498 e. The minimum Gasteiger partial charge on any atom is -0.498 e. The lowest BCUT2D eigenvalue weighted by atomic mass is 9.92. The maximum Gasteiger partial charge on any atom is 0.194 e. The molecule has 1 heterocycles. The van der Waals surface area contributed by atoms with Gasteiger partial charge in [-0.25, -0.2) is 0 Å². The maximum atomic E-state index is 11.0. The van der Waals surface area contributed by atoms with Crippen molar-refractivity contribution in [3.63, 3.8) is 0 Å². The first-order valence-electron chi connectivity index (χ1n) is 8.09. The highest BCUT2D eigenvalue weighted by atomic mass is 16.5. The van der Waals surface area contributed by atoms with E-state index in [2.05, 4.69) is 16.0 Å². The van der Waals surface area contributed by atoms with Gasteiger partial charge in [-0.15, -0.1) is 0 Å². The molecule has 1 aliphatic rings. The summed E-state index contributed by atoms with van der Waals surface area (Å²) < 4.78 is 11.3. The van der Waals surface area contributed by atoms with Crippen LogP contribution in [0.25, 0.3) is 10.9 Å². The molecule has 0 saturated carbocycles. The Morgan fingerprint density at radius 1 is 1.29 bits per heavy atom. The number of rotatable bonds is 5. The van der Waals surface area contributed by atoms with Crippen LogP contribution in [-0.4, -0.2) is 42.7 Å². The number of likely N-dealkylation sites (N-methyl/N-ethyl adjacent to an activating group) is 1. The van der Waals surface area contributed by atoms with E-state index in [1.807, 2.05) is 50.4 Å². The number of nitrogens with one attached hydrogen (secondary N) is 1. The number of aliphatic hydroxyl groups excluding tert-OH is 1. The van der Waals surface area contributed by atoms with E-state index >= 15 is 0 Å². The van der Waals surface area contributed by atoms with Crippen LogP contribution < -0.4 is 4.90 Å². The van der Waals surface area contributed by atoms with Crippen molar-refractivity contribution in [3.8, 4) is 0 Å². The molecular weight excluding hydrogens is 304 g/mol. The number of nitrogens with zero attached hydrogens (tertiary/aromatic N) is 1. The van der Waals surface area contributed by atoms with Gasteiger partial charge in [0.15, 0.2) is 11.8 Å². The van der Waals surface area contributed by atoms with E-state index in [-0.39, 0.29) is 0 Å². The van der Waals surface area contributed by atoms with Crippen molar-refractivity contribution in [3.05, 3.63) is 53.9 Å². The van der Waals surface area contributed by atoms with Gasteiger partial charge >= 0.3 is 0 Å². The van der Waals surface area contributed by atoms with Gasteiger partial charge in [0.25, 0.3) is 0 Å². The van der Waals surface area contributed by atoms with Crippen LogP contribution in [0, 0.1) is 0 Å². The number of para-hydroxylation sites is 1. The minimum absolute atomic E-state index is 0.496. The third-order valence-electron chi connectivity index (χ3n) is 4.62. The Balaban J connectivity index is 2.16. The molecule has 2 N–H and O–H groups in total. The standard InChI is InChI=1S/C19H24N2O3/c1-5-21(16-12-20-15-9-7-6-8-14(15)16)19(24-4)11-13(2)10-17(23-3)18(19)22/h6-12,18,20,22H,5H2,1-4H3/t18-,19-/m0/s1. The van der Waals surface area contributed by atoms with Crippen LogP contribution in [0.5, 0.6) is 0 Å². The zero-order valence-corrected chi connectivity index (χ0v) is 14.5. The fourth-order valence-corrected chi connectivity index (χ4v) is 3.52. The number of hydrogen-bond acceptors (Lipinski definition) is 4. The predicted molar refractivity (Wildman–Crippen MR) is 95.9 cm³/mol. The van der Waals surface area contributed by atoms with Gasteiger partial charge in [0, 0.05) is 30.8 Å². The first-order chi connectivity index (χ1) is 11.6. The van der Waals surface area contributed by atoms with E-state index < -0.39 is 11.8 Å². The van der Waals surface area contributed by atoms with E-state index in [9.17, 15) is 5.11 Å². The van der Waals surface area contributed by atoms with Gasteiger partial charge in [-0.05, 0) is 37.6 Å². The van der Waals surface area contributed by atoms with Gasteiger partial charge in [0.2, 0.25) is 0 Å². The molecule has 0 radical (unpaired) electrons. The number of methoxy groups -OCH3 is 2. The number of H-pyrrole nitrogens is 1. The molecule has 0 unspecified atom stereocenters. The van der Waals surface area contributed by atoms with E-state index in [0.717, 1.165) is 22.2 Å². The number of anilines is 1. The molecule has 0 amide bonds. The van der Waals surface area contributed by atoms with Gasteiger partial charge in [0.05, 0.1) is 12.8 Å². The van der Waals surface area contributed by atoms with E-state index in [0.29, 0.717) is 12.3 Å². The molecule has 0 bridgehead atoms. The molecule has 0 aliphatic heterocycles. The molecule has 1 aliphatic carbocycles. The number of fused-ring (bicyclic) bond motifs is 1. The van der Waals surface area contributed by atoms with Crippen LogP contribution in [0.2, 0.25) is 0 Å². The molecule has 2 atom stereocenters. The summed E-state index contributed by atoms with van der Waals surface area (Å²) in [7, 11) is 3.18. The van der Waals surface area contributed by atoms with Gasteiger partial charge < -0.3 is 24.5 Å². The second-order valence-electron chi connectivity index (χ2n) is 5.96. The van der Waals surface area contributed by atoms with E-state index in [4.69, 9.17) is 9.47 Å². The number of aromatic amines is 1. The fraction of sp³-hybridized carbons (Fsp3) is 0.368. The van der Waals surface area contributed by atoms with Crippen molar-refractivity contribution in [2.45, 2.75) is 25.7 Å². The van der Waals surface area contributed by atoms with Crippen LogP contribution in [0.15, 0.2) is 53.9 Å². The quantitative estimate of drug-likeness (QED) is 0.828. The average Bonchev–Trinajstić information content (AvgIpc) is 3.02. The van der Waals surface area contributed by atoms with Crippen LogP contribution in [0.3, 0.4) is 0 Å². The zero-order valence-electron chi connectivity index (χ0n) is 14.5. The number of aliphatic hydroxyl groups is 1. The number of hydrogen-bond donors (Lipinski definition) is 2. The average molecular weight is 328 g/mol. The Morgan fingerprint density at radius 2 is 2.04 bits per heavy atom. The summed E-state index contributed by atoms with van der Waals surface area (Å²) in [6.07, 6.45) is 4.82. The Kier molecular flexibility index (Phi) is 4.39. The summed E-state index contributed by atoms with van der Waals surface area (Å²) in [6.45, 7) is 4.68. The second kappa shape index (κ2) is 6.34. The van der Waals surface area contributed by atoms with E-state index in [1.165, 1.54) is 0 Å². The molecule has 24 heavy (non-hydrogen) atoms. The summed E-state index contributed by atoms with van der Waals surface area (Å²) >= 11 is 0. The molecule has 0 spiro atoms. The molecule has 5 heteroatoms. The van der Waals surface area contributed by atoms with Gasteiger partial charge in [-0.2, -0.15) is 0 Å². The SMILES string of the molecule is CCN(c1c[nH]c2ccccc12)[C@]1(OC)C=C(C)C=C(OC)[C@@H]1O. The normalized spacial score (nSPS) is 23.8. The smallest absolute Gasteiger partial charge is 0.194 e. The summed E-state index contributed by atoms with van der Waals surface area (Å²) in [5.74, 6) is 0.496. The highest BCUT2D eigenvalue weighted by Crippen LogP contribution is 2.39. The Bertz CT molecular complexity index is 793. The molecule has 3 rings (SSSR count). The number of benzene rings is 1. The summed E-state index contributed by atoms with van der Waals surface area (Å²) in [6, 6.07) is 8.10. The Morgan fingerprint density at radius 3 is 2.71 bits per heavy atom. The van der Waals surface area contributed by atoms with Crippen molar-refractivity contribution >= 4 is 16.6 Å². The molecule has 128 valence electrons. The third-order valence-corrected chi connectivity index (χ3v) is 4.62. The molecule has 2 aromatic rings. The molecule has 1 aromatic carbocycles. The number of allylic oxidation sites excluding steroid dienone is 2. The lowest BCUT2D eigenvalue weighted by molar-refractivity contribution is -0.0732. The van der Waals surface area contributed by atoms with Crippen LogP contribution in [0.4, 0.5) is 5.69 Å². The lowest BCUT2D eigenvalue weighted by Crippen LogP contribution is -2.59. The Hall–Kier alpha value is -2.24.